The van der Waals surface area contributed by atoms with E-state index in [1.165, 1.54) is 6.08 Å². The van der Waals surface area contributed by atoms with Gasteiger partial charge >= 0.3 is 6.03 Å². The second-order valence-electron chi connectivity index (χ2n) is 10.6. The van der Waals surface area contributed by atoms with Crippen LogP contribution in [-0.4, -0.2) is 60.9 Å². The van der Waals surface area contributed by atoms with Gasteiger partial charge < -0.3 is 20.1 Å². The smallest absolute Gasteiger partial charge is 0.328 e. The second-order valence-corrected chi connectivity index (χ2v) is 12.9. The highest BCUT2D eigenvalue weighted by molar-refractivity contribution is 7.91. The molecule has 3 heterocycles. The number of piperidine rings is 1. The summed E-state index contributed by atoms with van der Waals surface area (Å²) in [7, 11) is -4.11. The summed E-state index contributed by atoms with van der Waals surface area (Å²) in [4.78, 5) is 18.9. The minimum Gasteiger partial charge on any atom is -0.438 e. The molecule has 2 aromatic rings. The number of nitrogens with one attached hydrogen (secondary N) is 2. The van der Waals surface area contributed by atoms with Gasteiger partial charge in [0.2, 0.25) is 15.9 Å². The van der Waals surface area contributed by atoms with Gasteiger partial charge in [-0.2, -0.15) is 0 Å². The van der Waals surface area contributed by atoms with E-state index >= 15 is 0 Å². The van der Waals surface area contributed by atoms with Crippen molar-refractivity contribution in [1.82, 2.24) is 19.9 Å². The van der Waals surface area contributed by atoms with Crippen molar-refractivity contribution in [2.45, 2.75) is 43.5 Å². The van der Waals surface area contributed by atoms with Crippen LogP contribution in [0.3, 0.4) is 0 Å². The Morgan fingerprint density at radius 1 is 1.24 bits per heavy atom. The van der Waals surface area contributed by atoms with Gasteiger partial charge in [0.05, 0.1) is 5.60 Å². The Morgan fingerprint density at radius 2 is 2.00 bits per heavy atom. The van der Waals surface area contributed by atoms with Gasteiger partial charge in [-0.05, 0) is 73.2 Å². The quantitative estimate of drug-likeness (QED) is 0.397. The zero-order valence-electron chi connectivity index (χ0n) is 23.4. The van der Waals surface area contributed by atoms with Crippen LogP contribution in [0.4, 0.5) is 4.79 Å². The number of hydrogen-bond acceptors (Lipinski definition) is 7. The van der Waals surface area contributed by atoms with E-state index in [9.17, 15) is 18.3 Å². The van der Waals surface area contributed by atoms with Crippen molar-refractivity contribution in [3.05, 3.63) is 100 Å². The van der Waals surface area contributed by atoms with Gasteiger partial charge in [-0.3, -0.25) is 0 Å². The Morgan fingerprint density at radius 3 is 2.74 bits per heavy atom. The first-order chi connectivity index (χ1) is 20.2. The van der Waals surface area contributed by atoms with Crippen molar-refractivity contribution < 1.29 is 23.1 Å². The third-order valence-corrected chi connectivity index (χ3v) is 9.51. The molecule has 5 rings (SSSR count). The van der Waals surface area contributed by atoms with Crippen molar-refractivity contribution in [3.63, 3.8) is 0 Å². The average Bonchev–Trinajstić information content (AvgIpc) is 3.13. The van der Waals surface area contributed by atoms with E-state index in [1.807, 2.05) is 37.3 Å². The van der Waals surface area contributed by atoms with Gasteiger partial charge in [0, 0.05) is 48.5 Å². The van der Waals surface area contributed by atoms with Crippen LogP contribution in [0, 0.1) is 0 Å². The fraction of sp³-hybridized carbons (Fsp3) is 0.355. The first kappa shape index (κ1) is 30.0. The summed E-state index contributed by atoms with van der Waals surface area (Å²) in [5.41, 5.74) is 1.98. The van der Waals surface area contributed by atoms with Crippen LogP contribution in [0.5, 0.6) is 5.88 Å². The summed E-state index contributed by atoms with van der Waals surface area (Å²) in [6.07, 6.45) is 13.0. The number of allylic oxidation sites excluding steroid dienone is 5. The van der Waals surface area contributed by atoms with E-state index in [0.29, 0.717) is 54.5 Å². The van der Waals surface area contributed by atoms with Crippen LogP contribution in [0.25, 0.3) is 5.57 Å². The lowest BCUT2D eigenvalue weighted by Gasteiger charge is -2.38. The van der Waals surface area contributed by atoms with Crippen LogP contribution >= 0.6 is 11.6 Å². The molecule has 1 aliphatic carbocycles. The predicted molar refractivity (Wildman–Crippen MR) is 163 cm³/mol. The molecule has 0 saturated carbocycles. The van der Waals surface area contributed by atoms with Crippen LogP contribution in [-0.2, 0) is 15.6 Å². The predicted octanol–water partition coefficient (Wildman–Crippen LogP) is 4.67. The normalized spacial score (nSPS) is 20.8. The number of aliphatic hydroxyl groups is 1. The SMILES string of the molecule is CCCNC(=O)NS(=O)(=O)C1C=CC=C2Oc3ncccc3C(=CCCN3CCC(O)(c4ccc(Cl)cc4)CC3)C=C21. The fourth-order valence-corrected chi connectivity index (χ4v) is 6.78. The van der Waals surface area contributed by atoms with Gasteiger partial charge in [0.25, 0.3) is 0 Å². The van der Waals surface area contributed by atoms with Gasteiger partial charge in [0.1, 0.15) is 11.0 Å². The number of hydrogen-bond donors (Lipinski definition) is 3. The number of sulfonamides is 1. The first-order valence-corrected chi connectivity index (χ1v) is 16.0. The molecule has 1 fully saturated rings. The summed E-state index contributed by atoms with van der Waals surface area (Å²) in [5.74, 6) is 0.745. The van der Waals surface area contributed by atoms with Crippen LogP contribution < -0.4 is 14.8 Å². The number of ether oxygens (including phenoxy) is 1. The van der Waals surface area contributed by atoms with Crippen molar-refractivity contribution in [2.24, 2.45) is 0 Å². The van der Waals surface area contributed by atoms with Gasteiger partial charge in [-0.25, -0.2) is 22.9 Å². The number of fused-ring (bicyclic) bond motifs is 2. The number of halogens is 1. The molecular weight excluding hydrogens is 576 g/mol. The molecule has 222 valence electrons. The summed E-state index contributed by atoms with van der Waals surface area (Å²) in [5, 5.41) is 13.3. The molecule has 3 aliphatic rings. The highest BCUT2D eigenvalue weighted by atomic mass is 35.5. The Labute approximate surface area is 251 Å². The van der Waals surface area contributed by atoms with Crippen LogP contribution in [0.15, 0.2) is 84.3 Å². The number of urea groups is 1. The molecule has 9 nitrogen and oxygen atoms in total. The fourth-order valence-electron chi connectivity index (χ4n) is 5.38. The number of carbonyl (C=O) groups excluding carboxylic acids is 1. The van der Waals surface area contributed by atoms with Gasteiger partial charge in [-0.15, -0.1) is 0 Å². The van der Waals surface area contributed by atoms with Gasteiger partial charge in [0.15, 0.2) is 0 Å². The van der Waals surface area contributed by atoms with Crippen LogP contribution in [0.1, 0.15) is 43.7 Å². The number of rotatable bonds is 8. The average molecular weight is 611 g/mol. The van der Waals surface area contributed by atoms with E-state index in [1.54, 1.807) is 30.5 Å². The highest BCUT2D eigenvalue weighted by Crippen LogP contribution is 2.38. The van der Waals surface area contributed by atoms with Crippen molar-refractivity contribution >= 4 is 33.2 Å². The summed E-state index contributed by atoms with van der Waals surface area (Å²) in [6.45, 7) is 4.51. The number of nitrogens with zero attached hydrogens (tertiary/aromatic N) is 2. The van der Waals surface area contributed by atoms with Crippen molar-refractivity contribution in [1.29, 1.82) is 0 Å². The molecule has 3 N–H and O–H groups in total. The largest absolute Gasteiger partial charge is 0.438 e. The Balaban J connectivity index is 1.33. The third-order valence-electron chi connectivity index (χ3n) is 7.70. The lowest BCUT2D eigenvalue weighted by molar-refractivity contribution is -0.0254. The minimum atomic E-state index is -4.11. The van der Waals surface area contributed by atoms with Gasteiger partial charge in [-0.1, -0.05) is 48.9 Å². The third kappa shape index (κ3) is 6.78. The number of carbonyl (C=O) groups is 1. The number of amides is 2. The molecule has 2 aliphatic heterocycles. The zero-order valence-corrected chi connectivity index (χ0v) is 25.0. The monoisotopic (exact) mass is 610 g/mol. The molecular formula is C31H35ClN4O5S. The maximum atomic E-state index is 13.3. The standard InChI is InChI=1S/C31H35ClN4O5S/c1-2-16-34-30(37)35-42(39,40)28-9-3-8-27-26(28)21-22(25-7-4-17-33-29(25)41-27)6-5-18-36-19-14-31(38,15-20-36)23-10-12-24(32)13-11-23/h3-4,6-13,17,21,28,38H,2,5,14-16,18-20H2,1H3,(H2,34,35,37). The molecule has 1 atom stereocenters. The zero-order chi connectivity index (χ0) is 29.7. The maximum Gasteiger partial charge on any atom is 0.328 e. The molecule has 0 bridgehead atoms. The summed E-state index contributed by atoms with van der Waals surface area (Å²) >= 11 is 6.02. The number of aromatic nitrogens is 1. The lowest BCUT2D eigenvalue weighted by atomic mass is 9.84. The number of likely N-dealkylation sites (tertiary alicyclic amines) is 1. The number of benzene rings is 1. The van der Waals surface area contributed by atoms with E-state index < -0.39 is 26.9 Å². The molecule has 11 heteroatoms. The topological polar surface area (TPSA) is 121 Å². The molecule has 42 heavy (non-hydrogen) atoms. The first-order valence-electron chi connectivity index (χ1n) is 14.1. The molecule has 1 unspecified atom stereocenters. The maximum absolute atomic E-state index is 13.3. The van der Waals surface area contributed by atoms with E-state index in [-0.39, 0.29) is 0 Å². The van der Waals surface area contributed by atoms with Crippen LogP contribution in [0.2, 0.25) is 5.02 Å². The Bertz CT molecular complexity index is 1540. The second kappa shape index (κ2) is 12.8. The van der Waals surface area contributed by atoms with Crippen molar-refractivity contribution in [3.8, 4) is 5.88 Å². The molecule has 1 aromatic carbocycles. The molecule has 0 spiro atoms. The van der Waals surface area contributed by atoms with E-state index in [4.69, 9.17) is 16.3 Å². The molecule has 2 amide bonds. The van der Waals surface area contributed by atoms with Crippen molar-refractivity contribution in [2.75, 3.05) is 26.2 Å². The lowest BCUT2D eigenvalue weighted by Crippen LogP contribution is -2.44. The summed E-state index contributed by atoms with van der Waals surface area (Å²) in [6, 6.07) is 10.3. The molecule has 0 radical (unpaired) electrons. The van der Waals surface area contributed by atoms with E-state index in [0.717, 1.165) is 36.3 Å². The Kier molecular flexibility index (Phi) is 9.17. The minimum absolute atomic E-state index is 0.364. The Hall–Kier alpha value is -3.44. The van der Waals surface area contributed by atoms with E-state index in [2.05, 4.69) is 26.0 Å². The highest BCUT2D eigenvalue weighted by Gasteiger charge is 2.36. The molecule has 1 aromatic heterocycles. The molecule has 1 saturated heterocycles. The summed E-state index contributed by atoms with van der Waals surface area (Å²) < 4.78 is 34.8. The number of pyridine rings is 1.